The lowest BCUT2D eigenvalue weighted by Crippen LogP contribution is -2.17. The van der Waals surface area contributed by atoms with Gasteiger partial charge in [-0.25, -0.2) is 0 Å². The Labute approximate surface area is 129 Å². The van der Waals surface area contributed by atoms with Crippen molar-refractivity contribution < 1.29 is 4.74 Å². The topological polar surface area (TPSA) is 59.0 Å². The molecule has 4 heteroatoms. The van der Waals surface area contributed by atoms with Gasteiger partial charge in [-0.3, -0.25) is 0 Å². The van der Waals surface area contributed by atoms with Crippen LogP contribution in [0.4, 0.5) is 0 Å². The fourth-order valence-corrected chi connectivity index (χ4v) is 2.33. The van der Waals surface area contributed by atoms with Gasteiger partial charge in [0, 0.05) is 11.6 Å². The molecule has 0 aliphatic carbocycles. The molecule has 3 nitrogen and oxygen atoms in total. The first-order valence-corrected chi connectivity index (χ1v) is 7.12. The van der Waals surface area contributed by atoms with Gasteiger partial charge in [0.25, 0.3) is 0 Å². The number of hydrogen-bond acceptors (Lipinski definition) is 3. The molecule has 0 saturated carbocycles. The van der Waals surface area contributed by atoms with Gasteiger partial charge >= 0.3 is 0 Å². The second-order valence-corrected chi connectivity index (χ2v) is 5.41. The minimum Gasteiger partial charge on any atom is -0.487 e. The molecule has 108 valence electrons. The first kappa shape index (κ1) is 15.4. The summed E-state index contributed by atoms with van der Waals surface area (Å²) in [6, 6.07) is 15.3. The molecular formula is C17H17ClN2O. The van der Waals surface area contributed by atoms with Crippen LogP contribution in [0.3, 0.4) is 0 Å². The van der Waals surface area contributed by atoms with Crippen molar-refractivity contribution in [3.63, 3.8) is 0 Å². The molecule has 1 atom stereocenters. The van der Waals surface area contributed by atoms with E-state index in [1.807, 2.05) is 43.3 Å². The van der Waals surface area contributed by atoms with Gasteiger partial charge in [-0.05, 0) is 37.1 Å². The van der Waals surface area contributed by atoms with E-state index in [-0.39, 0.29) is 6.04 Å². The number of benzene rings is 2. The van der Waals surface area contributed by atoms with Crippen LogP contribution in [0.1, 0.15) is 23.6 Å². The zero-order valence-electron chi connectivity index (χ0n) is 11.8. The number of nitrogens with two attached hydrogens (primary N) is 1. The number of halogens is 1. The average Bonchev–Trinajstić information content (AvgIpc) is 2.46. The van der Waals surface area contributed by atoms with Crippen LogP contribution >= 0.6 is 11.6 Å². The quantitative estimate of drug-likeness (QED) is 0.916. The lowest BCUT2D eigenvalue weighted by Gasteiger charge is -2.11. The van der Waals surface area contributed by atoms with Gasteiger partial charge in [0.2, 0.25) is 0 Å². The van der Waals surface area contributed by atoms with Gasteiger partial charge < -0.3 is 10.5 Å². The van der Waals surface area contributed by atoms with Crippen molar-refractivity contribution in [1.82, 2.24) is 0 Å². The highest BCUT2D eigenvalue weighted by Gasteiger charge is 2.07. The van der Waals surface area contributed by atoms with E-state index < -0.39 is 0 Å². The standard InChI is InChI=1S/C17H17ClN2O/c1-12(20)8-13-6-7-17(16(18)9-13)21-11-15-5-3-2-4-14(15)10-19/h2-7,9,12H,8,11,20H2,1H3. The minimum atomic E-state index is 0.0929. The summed E-state index contributed by atoms with van der Waals surface area (Å²) in [6.07, 6.45) is 0.775. The Hall–Kier alpha value is -2.02. The number of hydrogen-bond donors (Lipinski definition) is 1. The Balaban J connectivity index is 2.08. The molecule has 2 aromatic carbocycles. The van der Waals surface area contributed by atoms with Crippen LogP contribution in [-0.4, -0.2) is 6.04 Å². The summed E-state index contributed by atoms with van der Waals surface area (Å²) in [4.78, 5) is 0. The second-order valence-electron chi connectivity index (χ2n) is 5.00. The molecule has 0 aliphatic heterocycles. The third-order valence-corrected chi connectivity index (χ3v) is 3.37. The van der Waals surface area contributed by atoms with Crippen molar-refractivity contribution in [3.8, 4) is 11.8 Å². The third-order valence-electron chi connectivity index (χ3n) is 3.07. The van der Waals surface area contributed by atoms with Crippen LogP contribution in [0.5, 0.6) is 5.75 Å². The summed E-state index contributed by atoms with van der Waals surface area (Å²) in [6.45, 7) is 2.27. The van der Waals surface area contributed by atoms with Crippen molar-refractivity contribution in [1.29, 1.82) is 5.26 Å². The van der Waals surface area contributed by atoms with Crippen molar-refractivity contribution in [2.75, 3.05) is 0 Å². The van der Waals surface area contributed by atoms with E-state index in [0.717, 1.165) is 17.5 Å². The van der Waals surface area contributed by atoms with Crippen LogP contribution in [0.15, 0.2) is 42.5 Å². The first-order chi connectivity index (χ1) is 10.1. The summed E-state index contributed by atoms with van der Waals surface area (Å²) < 4.78 is 5.71. The molecule has 2 rings (SSSR count). The van der Waals surface area contributed by atoms with Crippen LogP contribution in [-0.2, 0) is 13.0 Å². The highest BCUT2D eigenvalue weighted by atomic mass is 35.5. The zero-order chi connectivity index (χ0) is 15.2. The molecule has 2 aromatic rings. The Morgan fingerprint density at radius 2 is 2.05 bits per heavy atom. The van der Waals surface area contributed by atoms with Gasteiger partial charge in [-0.15, -0.1) is 0 Å². The molecule has 0 amide bonds. The van der Waals surface area contributed by atoms with Crippen molar-refractivity contribution in [2.24, 2.45) is 5.73 Å². The van der Waals surface area contributed by atoms with Crippen molar-refractivity contribution >= 4 is 11.6 Å². The zero-order valence-corrected chi connectivity index (χ0v) is 12.6. The second kappa shape index (κ2) is 7.12. The average molecular weight is 301 g/mol. The highest BCUT2D eigenvalue weighted by Crippen LogP contribution is 2.27. The SMILES string of the molecule is CC(N)Cc1ccc(OCc2ccccc2C#N)c(Cl)c1. The monoisotopic (exact) mass is 300 g/mol. The Morgan fingerprint density at radius 1 is 1.29 bits per heavy atom. The Bertz CT molecular complexity index is 662. The maximum atomic E-state index is 9.05. The summed E-state index contributed by atoms with van der Waals surface area (Å²) in [5, 5.41) is 9.60. The molecule has 0 radical (unpaired) electrons. The van der Waals surface area contributed by atoms with E-state index >= 15 is 0 Å². The molecule has 2 N–H and O–H groups in total. The van der Waals surface area contributed by atoms with Gasteiger partial charge in [0.05, 0.1) is 16.7 Å². The molecule has 0 heterocycles. The van der Waals surface area contributed by atoms with Crippen molar-refractivity contribution in [3.05, 3.63) is 64.2 Å². The first-order valence-electron chi connectivity index (χ1n) is 6.75. The predicted molar refractivity (Wildman–Crippen MR) is 84.3 cm³/mol. The van der Waals surface area contributed by atoms with Crippen LogP contribution < -0.4 is 10.5 Å². The smallest absolute Gasteiger partial charge is 0.138 e. The summed E-state index contributed by atoms with van der Waals surface area (Å²) in [5.41, 5.74) is 8.31. The molecule has 0 spiro atoms. The Kier molecular flexibility index (Phi) is 5.21. The van der Waals surface area contributed by atoms with E-state index in [4.69, 9.17) is 27.3 Å². The van der Waals surface area contributed by atoms with Gasteiger partial charge in [-0.2, -0.15) is 5.26 Å². The lowest BCUT2D eigenvalue weighted by atomic mass is 10.1. The number of rotatable bonds is 5. The number of nitriles is 1. The molecule has 0 saturated heterocycles. The van der Waals surface area contributed by atoms with Gasteiger partial charge in [0.15, 0.2) is 0 Å². The highest BCUT2D eigenvalue weighted by molar-refractivity contribution is 6.32. The van der Waals surface area contributed by atoms with E-state index in [1.54, 1.807) is 6.07 Å². The molecule has 0 aromatic heterocycles. The summed E-state index contributed by atoms with van der Waals surface area (Å²) in [7, 11) is 0. The third kappa shape index (κ3) is 4.22. The lowest BCUT2D eigenvalue weighted by molar-refractivity contribution is 0.306. The number of ether oxygens (including phenoxy) is 1. The van der Waals surface area contributed by atoms with E-state index in [1.165, 1.54) is 0 Å². The van der Waals surface area contributed by atoms with Crippen molar-refractivity contribution in [2.45, 2.75) is 26.0 Å². The normalized spacial score (nSPS) is 11.7. The molecule has 0 fully saturated rings. The van der Waals surface area contributed by atoms with Gasteiger partial charge in [0.1, 0.15) is 12.4 Å². The molecule has 1 unspecified atom stereocenters. The maximum absolute atomic E-state index is 9.05. The fraction of sp³-hybridized carbons (Fsp3) is 0.235. The summed E-state index contributed by atoms with van der Waals surface area (Å²) >= 11 is 6.22. The fourth-order valence-electron chi connectivity index (χ4n) is 2.07. The predicted octanol–water partition coefficient (Wildman–Crippen LogP) is 3.68. The molecule has 0 bridgehead atoms. The van der Waals surface area contributed by atoms with Gasteiger partial charge in [-0.1, -0.05) is 35.9 Å². The Morgan fingerprint density at radius 3 is 2.71 bits per heavy atom. The largest absolute Gasteiger partial charge is 0.487 e. The molecule has 0 aliphatic rings. The van der Waals surface area contributed by atoms with E-state index in [2.05, 4.69) is 6.07 Å². The van der Waals surface area contributed by atoms with E-state index in [0.29, 0.717) is 22.9 Å². The molecular weight excluding hydrogens is 284 g/mol. The maximum Gasteiger partial charge on any atom is 0.138 e. The van der Waals surface area contributed by atoms with E-state index in [9.17, 15) is 0 Å². The van der Waals surface area contributed by atoms with Crippen LogP contribution in [0.2, 0.25) is 5.02 Å². The number of nitrogens with zero attached hydrogens (tertiary/aromatic N) is 1. The minimum absolute atomic E-state index is 0.0929. The van der Waals surface area contributed by atoms with Crippen LogP contribution in [0, 0.1) is 11.3 Å². The molecule has 21 heavy (non-hydrogen) atoms. The van der Waals surface area contributed by atoms with Crippen LogP contribution in [0.25, 0.3) is 0 Å². The summed E-state index contributed by atoms with van der Waals surface area (Å²) in [5.74, 6) is 0.609.